The van der Waals surface area contributed by atoms with Crippen molar-refractivity contribution in [2.24, 2.45) is 0 Å². The van der Waals surface area contributed by atoms with Crippen LogP contribution in [0.1, 0.15) is 37.5 Å². The molecule has 10 heteroatoms. The number of hydrogen-bond acceptors (Lipinski definition) is 9. The van der Waals surface area contributed by atoms with Gasteiger partial charge in [-0.15, -0.1) is 5.10 Å². The number of tetrazole rings is 1. The molecular weight excluding hydrogens is 302 g/mol. The number of rotatable bonds is 5. The molecule has 0 atom stereocenters. The molecule has 2 aromatic heterocycles. The van der Waals surface area contributed by atoms with Gasteiger partial charge in [0.25, 0.3) is 0 Å². The van der Waals surface area contributed by atoms with Crippen LogP contribution < -0.4 is 10.6 Å². The molecule has 0 aliphatic heterocycles. The van der Waals surface area contributed by atoms with E-state index in [2.05, 4.69) is 30.5 Å². The van der Waals surface area contributed by atoms with Crippen LogP contribution in [-0.4, -0.2) is 49.3 Å². The van der Waals surface area contributed by atoms with Gasteiger partial charge < -0.3 is 10.6 Å². The maximum absolute atomic E-state index is 5.73. The molecule has 0 unspecified atom stereocenters. The van der Waals surface area contributed by atoms with E-state index >= 15 is 0 Å². The third kappa shape index (κ3) is 3.26. The Morgan fingerprint density at radius 3 is 2.73 bits per heavy atom. The van der Waals surface area contributed by atoms with Crippen molar-refractivity contribution in [3.63, 3.8) is 0 Å². The van der Waals surface area contributed by atoms with Crippen LogP contribution in [-0.2, 0) is 5.75 Å². The van der Waals surface area contributed by atoms with Gasteiger partial charge in [0, 0.05) is 14.1 Å². The van der Waals surface area contributed by atoms with Gasteiger partial charge in [0.2, 0.25) is 17.1 Å². The van der Waals surface area contributed by atoms with Gasteiger partial charge in [-0.1, -0.05) is 24.6 Å². The molecule has 118 valence electrons. The summed E-state index contributed by atoms with van der Waals surface area (Å²) in [7, 11) is 3.73. The van der Waals surface area contributed by atoms with Crippen molar-refractivity contribution < 1.29 is 0 Å². The highest BCUT2D eigenvalue weighted by molar-refractivity contribution is 7.98. The molecule has 0 spiro atoms. The van der Waals surface area contributed by atoms with Crippen molar-refractivity contribution in [2.45, 2.75) is 42.6 Å². The highest BCUT2D eigenvalue weighted by atomic mass is 32.2. The van der Waals surface area contributed by atoms with Crippen molar-refractivity contribution in [2.75, 3.05) is 24.7 Å². The zero-order valence-corrected chi connectivity index (χ0v) is 13.5. The number of anilines is 2. The normalized spacial score (nSPS) is 15.4. The molecule has 2 N–H and O–H groups in total. The van der Waals surface area contributed by atoms with Crippen LogP contribution in [0.3, 0.4) is 0 Å². The summed E-state index contributed by atoms with van der Waals surface area (Å²) in [6.07, 6.45) is 4.76. The molecule has 2 heterocycles. The second kappa shape index (κ2) is 6.42. The first kappa shape index (κ1) is 14.9. The number of thioether (sulfide) groups is 1. The van der Waals surface area contributed by atoms with Crippen molar-refractivity contribution in [3.8, 4) is 0 Å². The van der Waals surface area contributed by atoms with Gasteiger partial charge in [0.15, 0.2) is 0 Å². The van der Waals surface area contributed by atoms with Gasteiger partial charge >= 0.3 is 0 Å². The lowest BCUT2D eigenvalue weighted by atomic mass is 10.3. The summed E-state index contributed by atoms with van der Waals surface area (Å²) in [6.45, 7) is 0. The van der Waals surface area contributed by atoms with E-state index in [9.17, 15) is 0 Å². The zero-order chi connectivity index (χ0) is 15.5. The minimum atomic E-state index is 0.227. The molecule has 0 aromatic carbocycles. The Morgan fingerprint density at radius 2 is 2.00 bits per heavy atom. The second-order valence-corrected chi connectivity index (χ2v) is 6.38. The van der Waals surface area contributed by atoms with E-state index in [1.54, 1.807) is 4.90 Å². The van der Waals surface area contributed by atoms with Gasteiger partial charge in [0.1, 0.15) is 5.82 Å². The van der Waals surface area contributed by atoms with Crippen molar-refractivity contribution >= 4 is 23.7 Å². The highest BCUT2D eigenvalue weighted by Gasteiger charge is 2.21. The Balaban J connectivity index is 1.72. The minimum Gasteiger partial charge on any atom is -0.368 e. The van der Waals surface area contributed by atoms with E-state index in [4.69, 9.17) is 5.73 Å². The fourth-order valence-corrected chi connectivity index (χ4v) is 3.28. The number of nitrogens with zero attached hydrogens (tertiary/aromatic N) is 8. The Hall–Kier alpha value is -1.97. The number of nitrogen functional groups attached to an aromatic ring is 1. The summed E-state index contributed by atoms with van der Waals surface area (Å²) >= 11 is 1.52. The average Bonchev–Trinajstić information content (AvgIpc) is 3.15. The lowest BCUT2D eigenvalue weighted by molar-refractivity contribution is 0.423. The highest BCUT2D eigenvalue weighted by Crippen LogP contribution is 2.32. The molecule has 1 aliphatic rings. The van der Waals surface area contributed by atoms with Crippen LogP contribution in [0.2, 0.25) is 0 Å². The summed E-state index contributed by atoms with van der Waals surface area (Å²) in [5, 5.41) is 12.8. The van der Waals surface area contributed by atoms with E-state index in [0.717, 1.165) is 18.0 Å². The van der Waals surface area contributed by atoms with Crippen LogP contribution in [0.5, 0.6) is 0 Å². The SMILES string of the molecule is CN(C)c1nc(N)nc(CSc2nnnn2C2CCCC2)n1. The summed E-state index contributed by atoms with van der Waals surface area (Å²) in [4.78, 5) is 14.4. The first-order chi connectivity index (χ1) is 10.6. The van der Waals surface area contributed by atoms with E-state index in [0.29, 0.717) is 23.6 Å². The monoisotopic (exact) mass is 321 g/mol. The Bertz CT molecular complexity index is 635. The molecule has 2 aromatic rings. The summed E-state index contributed by atoms with van der Waals surface area (Å²) < 4.78 is 1.93. The first-order valence-electron chi connectivity index (χ1n) is 7.22. The lowest BCUT2D eigenvalue weighted by Crippen LogP contribution is -2.16. The van der Waals surface area contributed by atoms with Crippen LogP contribution >= 0.6 is 11.8 Å². The summed E-state index contributed by atoms with van der Waals surface area (Å²) in [6, 6.07) is 0.415. The molecule has 22 heavy (non-hydrogen) atoms. The molecule has 9 nitrogen and oxygen atoms in total. The van der Waals surface area contributed by atoms with Crippen molar-refractivity contribution in [1.29, 1.82) is 0 Å². The molecule has 1 aliphatic carbocycles. The third-order valence-electron chi connectivity index (χ3n) is 3.55. The molecule has 1 saturated carbocycles. The number of nitrogens with two attached hydrogens (primary N) is 1. The molecule has 1 fully saturated rings. The van der Waals surface area contributed by atoms with Gasteiger partial charge in [-0.25, -0.2) is 4.68 Å². The minimum absolute atomic E-state index is 0.227. The van der Waals surface area contributed by atoms with E-state index < -0.39 is 0 Å². The Kier molecular flexibility index (Phi) is 4.36. The van der Waals surface area contributed by atoms with Crippen LogP contribution in [0.4, 0.5) is 11.9 Å². The molecule has 0 saturated heterocycles. The topological polar surface area (TPSA) is 112 Å². The third-order valence-corrected chi connectivity index (χ3v) is 4.48. The van der Waals surface area contributed by atoms with E-state index in [1.165, 1.54) is 24.6 Å². The fourth-order valence-electron chi connectivity index (χ4n) is 2.48. The van der Waals surface area contributed by atoms with Crippen molar-refractivity contribution in [1.82, 2.24) is 35.2 Å². The quantitative estimate of drug-likeness (QED) is 0.803. The summed E-state index contributed by atoms with van der Waals surface area (Å²) in [5.41, 5.74) is 5.73. The van der Waals surface area contributed by atoms with E-state index in [-0.39, 0.29) is 5.95 Å². The van der Waals surface area contributed by atoms with Crippen LogP contribution in [0.15, 0.2) is 5.16 Å². The second-order valence-electron chi connectivity index (χ2n) is 5.44. The van der Waals surface area contributed by atoms with Gasteiger partial charge in [-0.3, -0.25) is 0 Å². The van der Waals surface area contributed by atoms with Crippen LogP contribution in [0.25, 0.3) is 0 Å². The smallest absolute Gasteiger partial charge is 0.229 e. The van der Waals surface area contributed by atoms with Crippen LogP contribution in [0, 0.1) is 0 Å². The maximum atomic E-state index is 5.73. The zero-order valence-electron chi connectivity index (χ0n) is 12.7. The molecule has 0 bridgehead atoms. The first-order valence-corrected chi connectivity index (χ1v) is 8.20. The largest absolute Gasteiger partial charge is 0.368 e. The predicted octanol–water partition coefficient (Wildman–Crippen LogP) is 0.914. The summed E-state index contributed by atoms with van der Waals surface area (Å²) in [5.74, 6) is 1.96. The molecular formula is C12H19N9S. The Labute approximate surface area is 132 Å². The fraction of sp³-hybridized carbons (Fsp3) is 0.667. The standard InChI is InChI=1S/C12H19N9S/c1-20(2)11-15-9(14-10(13)16-11)7-22-12-17-18-19-21(12)8-5-3-4-6-8/h8H,3-7H2,1-2H3,(H2,13,14,15,16). The number of aromatic nitrogens is 7. The Morgan fingerprint density at radius 1 is 1.23 bits per heavy atom. The van der Waals surface area contributed by atoms with Gasteiger partial charge in [-0.2, -0.15) is 15.0 Å². The average molecular weight is 321 g/mol. The van der Waals surface area contributed by atoms with Gasteiger partial charge in [0.05, 0.1) is 11.8 Å². The van der Waals surface area contributed by atoms with E-state index in [1.807, 2.05) is 18.8 Å². The maximum Gasteiger partial charge on any atom is 0.229 e. The number of hydrogen-bond donors (Lipinski definition) is 1. The lowest BCUT2D eigenvalue weighted by Gasteiger charge is -2.12. The molecule has 3 rings (SSSR count). The molecule has 0 radical (unpaired) electrons. The van der Waals surface area contributed by atoms with Gasteiger partial charge in [-0.05, 0) is 23.3 Å². The predicted molar refractivity (Wildman–Crippen MR) is 83.4 cm³/mol. The van der Waals surface area contributed by atoms with Crippen molar-refractivity contribution in [3.05, 3.63) is 5.82 Å². The molecule has 0 amide bonds.